The Morgan fingerprint density at radius 3 is 2.59 bits per heavy atom. The molecule has 5 nitrogen and oxygen atoms in total. The highest BCUT2D eigenvalue weighted by Crippen LogP contribution is 2.26. The lowest BCUT2D eigenvalue weighted by atomic mass is 10.2. The van der Waals surface area contributed by atoms with Crippen LogP contribution >= 0.6 is 15.9 Å². The number of benzene rings is 1. The van der Waals surface area contributed by atoms with E-state index in [0.717, 1.165) is 12.1 Å². The molecule has 0 amide bonds. The Labute approximate surface area is 106 Å². The van der Waals surface area contributed by atoms with Crippen molar-refractivity contribution in [2.45, 2.75) is 11.8 Å². The number of nitrogens with two attached hydrogens (primary N) is 1. The van der Waals surface area contributed by atoms with E-state index in [1.54, 1.807) is 6.92 Å². The van der Waals surface area contributed by atoms with Crippen LogP contribution in [0.15, 0.2) is 21.5 Å². The molecule has 0 saturated carbocycles. The molecule has 0 aliphatic rings. The molecule has 8 heteroatoms. The highest BCUT2D eigenvalue weighted by Gasteiger charge is 2.20. The van der Waals surface area contributed by atoms with Crippen molar-refractivity contribution in [1.82, 2.24) is 0 Å². The van der Waals surface area contributed by atoms with E-state index in [1.807, 2.05) is 0 Å². The van der Waals surface area contributed by atoms with Crippen molar-refractivity contribution >= 4 is 31.9 Å². The zero-order valence-corrected chi connectivity index (χ0v) is 11.1. The third-order valence-electron chi connectivity index (χ3n) is 1.81. The monoisotopic (exact) mass is 325 g/mol. The Bertz CT molecular complexity index is 558. The normalized spacial score (nSPS) is 11.3. The number of carbonyl (C=O) groups excluding carboxylic acids is 1. The summed E-state index contributed by atoms with van der Waals surface area (Å²) < 4.78 is 40.1. The maximum Gasteiger partial charge on any atom is 0.338 e. The number of rotatable bonds is 3. The smallest absolute Gasteiger partial charge is 0.338 e. The van der Waals surface area contributed by atoms with Crippen LogP contribution in [0.25, 0.3) is 0 Å². The first-order chi connectivity index (χ1) is 7.77. The summed E-state index contributed by atoms with van der Waals surface area (Å²) >= 11 is 2.75. The van der Waals surface area contributed by atoms with E-state index in [1.165, 1.54) is 0 Å². The Hall–Kier alpha value is -0.990. The molecule has 0 saturated heterocycles. The Morgan fingerprint density at radius 1 is 1.53 bits per heavy atom. The van der Waals surface area contributed by atoms with E-state index in [9.17, 15) is 17.6 Å². The third-order valence-corrected chi connectivity index (χ3v) is 3.82. The minimum Gasteiger partial charge on any atom is -0.462 e. The van der Waals surface area contributed by atoms with Crippen LogP contribution in [-0.2, 0) is 14.8 Å². The van der Waals surface area contributed by atoms with Gasteiger partial charge in [0.25, 0.3) is 0 Å². The summed E-state index contributed by atoms with van der Waals surface area (Å²) in [7, 11) is -4.12. The molecular weight excluding hydrogens is 317 g/mol. The quantitative estimate of drug-likeness (QED) is 0.851. The Balaban J connectivity index is 3.39. The molecule has 0 fully saturated rings. The minimum absolute atomic E-state index is 0.0984. The summed E-state index contributed by atoms with van der Waals surface area (Å²) in [6.45, 7) is 1.68. The maximum absolute atomic E-state index is 13.4. The van der Waals surface area contributed by atoms with Crippen molar-refractivity contribution in [2.24, 2.45) is 5.14 Å². The van der Waals surface area contributed by atoms with Crippen molar-refractivity contribution in [2.75, 3.05) is 6.61 Å². The SMILES string of the molecule is CCOC(=O)c1cc(F)c(Br)c(S(N)(=O)=O)c1. The van der Waals surface area contributed by atoms with Gasteiger partial charge in [-0.1, -0.05) is 0 Å². The molecular formula is C9H9BrFNO4S. The predicted octanol–water partition coefficient (Wildman–Crippen LogP) is 1.41. The first kappa shape index (κ1) is 14.1. The molecule has 94 valence electrons. The minimum atomic E-state index is -4.12. The van der Waals surface area contributed by atoms with Crippen LogP contribution in [0.3, 0.4) is 0 Å². The molecule has 0 atom stereocenters. The second kappa shape index (κ2) is 5.11. The van der Waals surface area contributed by atoms with Gasteiger partial charge in [0.05, 0.1) is 21.5 Å². The second-order valence-electron chi connectivity index (χ2n) is 3.04. The summed E-state index contributed by atoms with van der Waals surface area (Å²) in [4.78, 5) is 10.8. The van der Waals surface area contributed by atoms with Gasteiger partial charge < -0.3 is 4.74 Å². The molecule has 1 aromatic rings. The summed E-state index contributed by atoms with van der Waals surface area (Å²) in [5.74, 6) is -1.72. The molecule has 0 aromatic heterocycles. The first-order valence-corrected chi connectivity index (χ1v) is 6.80. The van der Waals surface area contributed by atoms with Crippen molar-refractivity contribution in [3.8, 4) is 0 Å². The zero-order chi connectivity index (χ0) is 13.2. The molecule has 1 rings (SSSR count). The van der Waals surface area contributed by atoms with Crippen LogP contribution in [0.4, 0.5) is 4.39 Å². The lowest BCUT2D eigenvalue weighted by Gasteiger charge is -2.07. The van der Waals surface area contributed by atoms with E-state index in [-0.39, 0.29) is 16.6 Å². The van der Waals surface area contributed by atoms with Gasteiger partial charge in [-0.2, -0.15) is 0 Å². The van der Waals surface area contributed by atoms with Gasteiger partial charge in [-0.3, -0.25) is 0 Å². The van der Waals surface area contributed by atoms with Crippen molar-refractivity contribution in [1.29, 1.82) is 0 Å². The fourth-order valence-corrected chi connectivity index (χ4v) is 2.65. The maximum atomic E-state index is 13.4. The molecule has 2 N–H and O–H groups in total. The fourth-order valence-electron chi connectivity index (χ4n) is 1.10. The van der Waals surface area contributed by atoms with Crippen molar-refractivity contribution in [3.63, 3.8) is 0 Å². The fraction of sp³-hybridized carbons (Fsp3) is 0.222. The van der Waals surface area contributed by atoms with Crippen molar-refractivity contribution in [3.05, 3.63) is 28.0 Å². The molecule has 0 unspecified atom stereocenters. The van der Waals surface area contributed by atoms with Crippen LogP contribution < -0.4 is 5.14 Å². The number of ether oxygens (including phenoxy) is 1. The van der Waals surface area contributed by atoms with Crippen LogP contribution in [-0.4, -0.2) is 21.0 Å². The van der Waals surface area contributed by atoms with Gasteiger partial charge in [0.1, 0.15) is 5.82 Å². The van der Waals surface area contributed by atoms with E-state index >= 15 is 0 Å². The summed E-state index contributed by atoms with van der Waals surface area (Å²) in [5.41, 5.74) is -0.212. The van der Waals surface area contributed by atoms with Gasteiger partial charge in [0.2, 0.25) is 10.0 Å². The zero-order valence-electron chi connectivity index (χ0n) is 8.74. The number of hydrogen-bond acceptors (Lipinski definition) is 4. The first-order valence-electron chi connectivity index (χ1n) is 4.46. The number of esters is 1. The van der Waals surface area contributed by atoms with E-state index < -0.39 is 26.7 Å². The Kier molecular flexibility index (Phi) is 4.23. The lowest BCUT2D eigenvalue weighted by molar-refractivity contribution is 0.0525. The Morgan fingerprint density at radius 2 is 2.12 bits per heavy atom. The predicted molar refractivity (Wildman–Crippen MR) is 61.4 cm³/mol. The molecule has 0 heterocycles. The van der Waals surface area contributed by atoms with Crippen LogP contribution in [0.2, 0.25) is 0 Å². The van der Waals surface area contributed by atoms with Gasteiger partial charge >= 0.3 is 5.97 Å². The molecule has 0 aliphatic carbocycles. The number of hydrogen-bond donors (Lipinski definition) is 1. The van der Waals surface area contributed by atoms with Crippen LogP contribution in [0.1, 0.15) is 17.3 Å². The van der Waals surface area contributed by atoms with Crippen molar-refractivity contribution < 1.29 is 22.3 Å². The average molecular weight is 326 g/mol. The van der Waals surface area contributed by atoms with Gasteiger partial charge in [-0.05, 0) is 35.0 Å². The number of sulfonamides is 1. The number of primary sulfonamides is 1. The van der Waals surface area contributed by atoms with Gasteiger partial charge in [-0.15, -0.1) is 0 Å². The number of halogens is 2. The second-order valence-corrected chi connectivity index (χ2v) is 5.36. The number of carbonyl (C=O) groups is 1. The third kappa shape index (κ3) is 3.24. The summed E-state index contributed by atoms with van der Waals surface area (Å²) in [6, 6.07) is 1.83. The van der Waals surface area contributed by atoms with E-state index in [4.69, 9.17) is 5.14 Å². The average Bonchev–Trinajstić information content (AvgIpc) is 2.20. The van der Waals surface area contributed by atoms with Gasteiger partial charge in [0, 0.05) is 0 Å². The standard InChI is InChI=1S/C9H9BrFNO4S/c1-2-16-9(13)5-3-6(11)8(10)7(4-5)17(12,14)15/h3-4H,2H2,1H3,(H2,12,14,15). The van der Waals surface area contributed by atoms with Crippen LogP contribution in [0, 0.1) is 5.82 Å². The largest absolute Gasteiger partial charge is 0.462 e. The molecule has 17 heavy (non-hydrogen) atoms. The highest BCUT2D eigenvalue weighted by atomic mass is 79.9. The molecule has 0 radical (unpaired) electrons. The highest BCUT2D eigenvalue weighted by molar-refractivity contribution is 9.10. The topological polar surface area (TPSA) is 86.5 Å². The van der Waals surface area contributed by atoms with Gasteiger partial charge in [0.15, 0.2) is 0 Å². The molecule has 0 spiro atoms. The van der Waals surface area contributed by atoms with E-state index in [2.05, 4.69) is 20.7 Å². The summed E-state index contributed by atoms with van der Waals surface area (Å²) in [5, 5.41) is 4.89. The molecule has 1 aromatic carbocycles. The lowest BCUT2D eigenvalue weighted by Crippen LogP contribution is -2.15. The van der Waals surface area contributed by atoms with Gasteiger partial charge in [-0.25, -0.2) is 22.7 Å². The summed E-state index contributed by atoms with van der Waals surface area (Å²) in [6.07, 6.45) is 0. The molecule has 0 bridgehead atoms. The molecule has 0 aliphatic heterocycles. The van der Waals surface area contributed by atoms with E-state index in [0.29, 0.717) is 0 Å². The van der Waals surface area contributed by atoms with Crippen LogP contribution in [0.5, 0.6) is 0 Å².